The molecule has 1 aromatic carbocycles. The molecule has 3 heteroatoms. The van der Waals surface area contributed by atoms with Crippen LogP contribution in [-0.4, -0.2) is 25.4 Å². The number of rotatable bonds is 6. The Hall–Kier alpha value is -0.670. The van der Waals surface area contributed by atoms with Crippen molar-refractivity contribution < 1.29 is 4.74 Å². The van der Waals surface area contributed by atoms with Gasteiger partial charge < -0.3 is 10.1 Å². The Bertz CT molecular complexity index is 383. The lowest BCUT2D eigenvalue weighted by Gasteiger charge is -2.27. The minimum atomic E-state index is 0.697. The third-order valence-corrected chi connectivity index (χ3v) is 4.58. The molecule has 1 aliphatic carbocycles. The molecule has 1 fully saturated rings. The lowest BCUT2D eigenvalue weighted by molar-refractivity contribution is 0.263. The van der Waals surface area contributed by atoms with E-state index in [4.69, 9.17) is 4.74 Å². The SMILES string of the molecule is CSc1ccccc1OCCNC1CCCC(C)C1. The van der Waals surface area contributed by atoms with E-state index in [1.165, 1.54) is 30.6 Å². The second-order valence-electron chi connectivity index (χ2n) is 5.42. The highest BCUT2D eigenvalue weighted by Gasteiger charge is 2.17. The number of ether oxygens (including phenoxy) is 1. The number of para-hydroxylation sites is 1. The van der Waals surface area contributed by atoms with Crippen LogP contribution in [0, 0.1) is 5.92 Å². The van der Waals surface area contributed by atoms with Crippen molar-refractivity contribution in [2.24, 2.45) is 5.92 Å². The Morgan fingerprint density at radius 1 is 1.32 bits per heavy atom. The van der Waals surface area contributed by atoms with Crippen LogP contribution in [-0.2, 0) is 0 Å². The van der Waals surface area contributed by atoms with Gasteiger partial charge in [-0.3, -0.25) is 0 Å². The maximum absolute atomic E-state index is 5.86. The second-order valence-corrected chi connectivity index (χ2v) is 6.27. The molecule has 2 unspecified atom stereocenters. The normalized spacial score (nSPS) is 23.3. The predicted molar refractivity (Wildman–Crippen MR) is 83.1 cm³/mol. The largest absolute Gasteiger partial charge is 0.491 e. The summed E-state index contributed by atoms with van der Waals surface area (Å²) in [4.78, 5) is 1.22. The summed E-state index contributed by atoms with van der Waals surface area (Å²) in [6.45, 7) is 4.06. The summed E-state index contributed by atoms with van der Waals surface area (Å²) in [7, 11) is 0. The van der Waals surface area contributed by atoms with Gasteiger partial charge in [0.15, 0.2) is 0 Å². The summed E-state index contributed by atoms with van der Waals surface area (Å²) >= 11 is 1.74. The number of hydrogen-bond donors (Lipinski definition) is 1. The molecule has 2 atom stereocenters. The van der Waals surface area contributed by atoms with Crippen molar-refractivity contribution in [1.82, 2.24) is 5.32 Å². The van der Waals surface area contributed by atoms with Gasteiger partial charge in [0.2, 0.25) is 0 Å². The highest BCUT2D eigenvalue weighted by molar-refractivity contribution is 7.98. The highest BCUT2D eigenvalue weighted by atomic mass is 32.2. The molecule has 19 heavy (non-hydrogen) atoms. The molecule has 1 saturated carbocycles. The van der Waals surface area contributed by atoms with E-state index in [-0.39, 0.29) is 0 Å². The van der Waals surface area contributed by atoms with Crippen molar-refractivity contribution in [1.29, 1.82) is 0 Å². The second kappa shape index (κ2) is 7.81. The standard InChI is InChI=1S/C16H25NOS/c1-13-6-5-7-14(12-13)17-10-11-18-15-8-3-4-9-16(15)19-2/h3-4,8-9,13-14,17H,5-7,10-12H2,1-2H3. The Kier molecular flexibility index (Phi) is 6.05. The van der Waals surface area contributed by atoms with Crippen molar-refractivity contribution in [2.45, 2.75) is 43.5 Å². The van der Waals surface area contributed by atoms with Crippen LogP contribution < -0.4 is 10.1 Å². The molecule has 1 aromatic rings. The molecular formula is C16H25NOS. The van der Waals surface area contributed by atoms with E-state index in [2.05, 4.69) is 36.7 Å². The molecule has 2 nitrogen and oxygen atoms in total. The zero-order valence-corrected chi connectivity index (χ0v) is 12.8. The minimum absolute atomic E-state index is 0.697. The summed E-state index contributed by atoms with van der Waals surface area (Å²) in [5, 5.41) is 3.63. The van der Waals surface area contributed by atoms with E-state index in [0.717, 1.165) is 24.8 Å². The van der Waals surface area contributed by atoms with Gasteiger partial charge in [0.05, 0.1) is 0 Å². The Labute approximate surface area is 121 Å². The third kappa shape index (κ3) is 4.73. The van der Waals surface area contributed by atoms with Crippen LogP contribution in [0.4, 0.5) is 0 Å². The molecule has 0 bridgehead atoms. The molecule has 0 amide bonds. The lowest BCUT2D eigenvalue weighted by atomic mass is 9.87. The topological polar surface area (TPSA) is 21.3 Å². The summed E-state index contributed by atoms with van der Waals surface area (Å²) in [6, 6.07) is 8.94. The molecule has 106 valence electrons. The van der Waals surface area contributed by atoms with E-state index in [1.807, 2.05) is 6.07 Å². The van der Waals surface area contributed by atoms with Crippen LogP contribution in [0.25, 0.3) is 0 Å². The average molecular weight is 279 g/mol. The van der Waals surface area contributed by atoms with Gasteiger partial charge in [0.25, 0.3) is 0 Å². The van der Waals surface area contributed by atoms with Crippen molar-refractivity contribution >= 4 is 11.8 Å². The number of thioether (sulfide) groups is 1. The van der Waals surface area contributed by atoms with E-state index in [9.17, 15) is 0 Å². The fourth-order valence-corrected chi connectivity index (χ4v) is 3.32. The van der Waals surface area contributed by atoms with Crippen molar-refractivity contribution in [2.75, 3.05) is 19.4 Å². The molecule has 0 aromatic heterocycles. The molecule has 1 aliphatic rings. The lowest BCUT2D eigenvalue weighted by Crippen LogP contribution is -2.36. The first-order valence-corrected chi connectivity index (χ1v) is 8.51. The van der Waals surface area contributed by atoms with E-state index < -0.39 is 0 Å². The molecule has 0 heterocycles. The number of nitrogens with one attached hydrogen (secondary N) is 1. The minimum Gasteiger partial charge on any atom is -0.491 e. The van der Waals surface area contributed by atoms with Gasteiger partial charge in [0.1, 0.15) is 12.4 Å². The van der Waals surface area contributed by atoms with E-state index in [0.29, 0.717) is 6.04 Å². The van der Waals surface area contributed by atoms with Crippen molar-refractivity contribution in [3.05, 3.63) is 24.3 Å². The zero-order valence-electron chi connectivity index (χ0n) is 12.0. The van der Waals surface area contributed by atoms with Gasteiger partial charge >= 0.3 is 0 Å². The van der Waals surface area contributed by atoms with Gasteiger partial charge in [-0.1, -0.05) is 31.9 Å². The molecule has 1 N–H and O–H groups in total. The maximum atomic E-state index is 5.86. The predicted octanol–water partition coefficient (Wildman–Crippen LogP) is 3.96. The van der Waals surface area contributed by atoms with Gasteiger partial charge in [-0.05, 0) is 37.1 Å². The number of hydrogen-bond acceptors (Lipinski definition) is 3. The number of benzene rings is 1. The Morgan fingerprint density at radius 2 is 2.16 bits per heavy atom. The van der Waals surface area contributed by atoms with Crippen LogP contribution in [0.1, 0.15) is 32.6 Å². The van der Waals surface area contributed by atoms with Crippen molar-refractivity contribution in [3.63, 3.8) is 0 Å². The van der Waals surface area contributed by atoms with Gasteiger partial charge in [0, 0.05) is 17.5 Å². The van der Waals surface area contributed by atoms with Gasteiger partial charge in [-0.2, -0.15) is 0 Å². The highest BCUT2D eigenvalue weighted by Crippen LogP contribution is 2.27. The van der Waals surface area contributed by atoms with E-state index in [1.54, 1.807) is 11.8 Å². The molecule has 0 radical (unpaired) electrons. The first-order valence-electron chi connectivity index (χ1n) is 7.29. The smallest absolute Gasteiger partial charge is 0.132 e. The summed E-state index contributed by atoms with van der Waals surface area (Å²) in [6.07, 6.45) is 7.50. The fraction of sp³-hybridized carbons (Fsp3) is 0.625. The first kappa shape index (κ1) is 14.7. The molecule has 2 rings (SSSR count). The quantitative estimate of drug-likeness (QED) is 0.629. The summed E-state index contributed by atoms with van der Waals surface area (Å²) in [5.74, 6) is 1.89. The van der Waals surface area contributed by atoms with E-state index >= 15 is 0 Å². The van der Waals surface area contributed by atoms with Gasteiger partial charge in [-0.15, -0.1) is 11.8 Å². The molecule has 0 spiro atoms. The van der Waals surface area contributed by atoms with Crippen LogP contribution in [0.15, 0.2) is 29.2 Å². The average Bonchev–Trinajstić information content (AvgIpc) is 2.44. The summed E-state index contributed by atoms with van der Waals surface area (Å²) in [5.41, 5.74) is 0. The first-order chi connectivity index (χ1) is 9.29. The Morgan fingerprint density at radius 3 is 2.95 bits per heavy atom. The van der Waals surface area contributed by atoms with Crippen LogP contribution in [0.2, 0.25) is 0 Å². The fourth-order valence-electron chi connectivity index (χ4n) is 2.78. The third-order valence-electron chi connectivity index (χ3n) is 3.80. The zero-order chi connectivity index (χ0) is 13.5. The Balaban J connectivity index is 1.69. The van der Waals surface area contributed by atoms with Crippen molar-refractivity contribution in [3.8, 4) is 5.75 Å². The van der Waals surface area contributed by atoms with Crippen LogP contribution >= 0.6 is 11.8 Å². The molecule has 0 saturated heterocycles. The van der Waals surface area contributed by atoms with Gasteiger partial charge in [-0.25, -0.2) is 0 Å². The summed E-state index contributed by atoms with van der Waals surface area (Å²) < 4.78 is 5.86. The molecular weight excluding hydrogens is 254 g/mol. The van der Waals surface area contributed by atoms with Crippen LogP contribution in [0.3, 0.4) is 0 Å². The molecule has 0 aliphatic heterocycles. The van der Waals surface area contributed by atoms with Crippen LogP contribution in [0.5, 0.6) is 5.75 Å². The monoisotopic (exact) mass is 279 g/mol. The maximum Gasteiger partial charge on any atom is 0.132 e.